The summed E-state index contributed by atoms with van der Waals surface area (Å²) in [5.41, 5.74) is 4.35. The van der Waals surface area contributed by atoms with Crippen LogP contribution in [0.1, 0.15) is 39.5 Å². The number of hydrogen-bond acceptors (Lipinski definition) is 3. The van der Waals surface area contributed by atoms with Gasteiger partial charge in [-0.2, -0.15) is 0 Å². The van der Waals surface area contributed by atoms with E-state index >= 15 is 0 Å². The second-order valence-electron chi connectivity index (χ2n) is 6.96. The lowest BCUT2D eigenvalue weighted by Gasteiger charge is -2.25. The smallest absolute Gasteiger partial charge is 0.308 e. The molecule has 0 fully saturated rings. The summed E-state index contributed by atoms with van der Waals surface area (Å²) in [5.74, 6) is -0.407. The first-order chi connectivity index (χ1) is 13.6. The zero-order valence-corrected chi connectivity index (χ0v) is 15.7. The van der Waals surface area contributed by atoms with Crippen molar-refractivity contribution in [3.8, 4) is 0 Å². The molecule has 28 heavy (non-hydrogen) atoms. The summed E-state index contributed by atoms with van der Waals surface area (Å²) >= 11 is 0. The quantitative estimate of drug-likeness (QED) is 0.604. The van der Waals surface area contributed by atoms with Crippen LogP contribution < -0.4 is 4.90 Å². The van der Waals surface area contributed by atoms with Gasteiger partial charge in [0.05, 0.1) is 12.5 Å². The number of amides is 1. The third kappa shape index (κ3) is 3.54. The summed E-state index contributed by atoms with van der Waals surface area (Å²) in [5, 5.41) is 0. The van der Waals surface area contributed by atoms with Crippen LogP contribution in [0.25, 0.3) is 0 Å². The molecule has 4 rings (SSSR count). The van der Waals surface area contributed by atoms with E-state index in [9.17, 15) is 9.59 Å². The molecule has 1 amide bonds. The van der Waals surface area contributed by atoms with Crippen molar-refractivity contribution in [2.24, 2.45) is 0 Å². The van der Waals surface area contributed by atoms with Crippen molar-refractivity contribution < 1.29 is 14.3 Å². The molecule has 3 aromatic rings. The van der Waals surface area contributed by atoms with Gasteiger partial charge >= 0.3 is 5.97 Å². The summed E-state index contributed by atoms with van der Waals surface area (Å²) in [7, 11) is 0. The molecule has 0 saturated carbocycles. The first-order valence-electron chi connectivity index (χ1n) is 9.32. The zero-order valence-electron chi connectivity index (χ0n) is 15.7. The van der Waals surface area contributed by atoms with Crippen LogP contribution in [0.4, 0.5) is 5.69 Å². The summed E-state index contributed by atoms with van der Waals surface area (Å²) in [6, 6.07) is 24.5. The van der Waals surface area contributed by atoms with E-state index < -0.39 is 0 Å². The monoisotopic (exact) mass is 371 g/mol. The fourth-order valence-electron chi connectivity index (χ4n) is 3.55. The molecule has 1 aliphatic rings. The standard InChI is InChI=1S/C24H21NO3/c1-17-11-13-19(14-12-17)25-22(20-9-5-6-10-21(20)24(25)27)15-23(26)28-16-18-7-3-2-4-8-18/h2-14,22H,15-16H2,1H3. The van der Waals surface area contributed by atoms with Crippen LogP contribution in [-0.4, -0.2) is 11.9 Å². The van der Waals surface area contributed by atoms with Gasteiger partial charge in [0, 0.05) is 11.3 Å². The topological polar surface area (TPSA) is 46.6 Å². The molecule has 4 heteroatoms. The molecular weight excluding hydrogens is 350 g/mol. The van der Waals surface area contributed by atoms with Crippen LogP contribution in [0.3, 0.4) is 0 Å². The molecule has 1 aliphatic heterocycles. The Morgan fingerprint density at radius 1 is 0.929 bits per heavy atom. The predicted molar refractivity (Wildman–Crippen MR) is 108 cm³/mol. The maximum absolute atomic E-state index is 13.0. The van der Waals surface area contributed by atoms with E-state index in [1.807, 2.05) is 85.8 Å². The van der Waals surface area contributed by atoms with Crippen LogP contribution in [0.15, 0.2) is 78.9 Å². The number of hydrogen-bond donors (Lipinski definition) is 0. The number of benzene rings is 3. The number of aryl methyl sites for hydroxylation is 1. The third-order valence-electron chi connectivity index (χ3n) is 5.00. The summed E-state index contributed by atoms with van der Waals surface area (Å²) in [4.78, 5) is 27.3. The molecule has 0 aromatic heterocycles. The SMILES string of the molecule is Cc1ccc(N2C(=O)c3ccccc3C2CC(=O)OCc2ccccc2)cc1. The highest BCUT2D eigenvalue weighted by Gasteiger charge is 2.38. The molecule has 0 N–H and O–H groups in total. The van der Waals surface area contributed by atoms with Crippen molar-refractivity contribution in [1.82, 2.24) is 0 Å². The largest absolute Gasteiger partial charge is 0.461 e. The number of ether oxygens (including phenoxy) is 1. The maximum atomic E-state index is 13.0. The van der Waals surface area contributed by atoms with Crippen molar-refractivity contribution in [3.63, 3.8) is 0 Å². The van der Waals surface area contributed by atoms with E-state index in [2.05, 4.69) is 0 Å². The van der Waals surface area contributed by atoms with Gasteiger partial charge in [0.1, 0.15) is 6.61 Å². The Balaban J connectivity index is 1.57. The highest BCUT2D eigenvalue weighted by Crippen LogP contribution is 2.39. The van der Waals surface area contributed by atoms with Gasteiger partial charge in [-0.25, -0.2) is 0 Å². The second-order valence-corrected chi connectivity index (χ2v) is 6.96. The number of esters is 1. The average molecular weight is 371 g/mol. The molecule has 4 nitrogen and oxygen atoms in total. The Labute approximate surface area is 164 Å². The second kappa shape index (κ2) is 7.69. The molecule has 140 valence electrons. The predicted octanol–water partition coefficient (Wildman–Crippen LogP) is 4.83. The minimum absolute atomic E-state index is 0.0830. The number of nitrogens with zero attached hydrogens (tertiary/aromatic N) is 1. The number of fused-ring (bicyclic) bond motifs is 1. The van der Waals surface area contributed by atoms with E-state index in [1.54, 1.807) is 4.90 Å². The number of carbonyl (C=O) groups is 2. The van der Waals surface area contributed by atoms with Gasteiger partial charge in [0.2, 0.25) is 0 Å². The summed E-state index contributed by atoms with van der Waals surface area (Å²) in [6.45, 7) is 2.23. The number of carbonyl (C=O) groups excluding carboxylic acids is 2. The Kier molecular flexibility index (Phi) is 4.94. The van der Waals surface area contributed by atoms with Gasteiger partial charge in [0.15, 0.2) is 0 Å². The minimum Gasteiger partial charge on any atom is -0.461 e. The van der Waals surface area contributed by atoms with E-state index in [4.69, 9.17) is 4.74 Å². The molecule has 0 radical (unpaired) electrons. The minimum atomic E-state index is -0.366. The van der Waals surface area contributed by atoms with Crippen molar-refractivity contribution in [3.05, 3.63) is 101 Å². The molecule has 3 aromatic carbocycles. The first-order valence-corrected chi connectivity index (χ1v) is 9.32. The van der Waals surface area contributed by atoms with Gasteiger partial charge in [-0.15, -0.1) is 0 Å². The van der Waals surface area contributed by atoms with Gasteiger partial charge in [-0.1, -0.05) is 66.2 Å². The lowest BCUT2D eigenvalue weighted by Crippen LogP contribution is -2.29. The number of anilines is 1. The van der Waals surface area contributed by atoms with Crippen LogP contribution >= 0.6 is 0 Å². The molecule has 0 aliphatic carbocycles. The van der Waals surface area contributed by atoms with Gasteiger partial charge in [0.25, 0.3) is 5.91 Å². The van der Waals surface area contributed by atoms with Crippen LogP contribution in [0.5, 0.6) is 0 Å². The van der Waals surface area contributed by atoms with Crippen molar-refractivity contribution >= 4 is 17.6 Å². The van der Waals surface area contributed by atoms with E-state index in [1.165, 1.54) is 0 Å². The highest BCUT2D eigenvalue weighted by molar-refractivity contribution is 6.11. The summed E-state index contributed by atoms with van der Waals surface area (Å²) < 4.78 is 5.47. The van der Waals surface area contributed by atoms with Crippen molar-refractivity contribution in [2.75, 3.05) is 4.90 Å². The van der Waals surface area contributed by atoms with Gasteiger partial charge in [-0.3, -0.25) is 9.59 Å². The van der Waals surface area contributed by atoms with Crippen molar-refractivity contribution in [2.45, 2.75) is 26.0 Å². The average Bonchev–Trinajstić information content (AvgIpc) is 3.00. The lowest BCUT2D eigenvalue weighted by atomic mass is 10.0. The molecule has 1 atom stereocenters. The van der Waals surface area contributed by atoms with Crippen LogP contribution in [0, 0.1) is 6.92 Å². The van der Waals surface area contributed by atoms with Crippen LogP contribution in [-0.2, 0) is 16.1 Å². The fourth-order valence-corrected chi connectivity index (χ4v) is 3.55. The molecule has 0 bridgehead atoms. The molecule has 1 unspecified atom stereocenters. The molecule has 0 saturated heterocycles. The van der Waals surface area contributed by atoms with Crippen LogP contribution in [0.2, 0.25) is 0 Å². The van der Waals surface area contributed by atoms with E-state index in [0.29, 0.717) is 5.56 Å². The van der Waals surface area contributed by atoms with E-state index in [-0.39, 0.29) is 30.9 Å². The number of rotatable bonds is 5. The first kappa shape index (κ1) is 18.0. The van der Waals surface area contributed by atoms with Gasteiger partial charge < -0.3 is 9.64 Å². The Morgan fingerprint density at radius 2 is 1.61 bits per heavy atom. The van der Waals surface area contributed by atoms with Gasteiger partial charge in [-0.05, 0) is 36.2 Å². The lowest BCUT2D eigenvalue weighted by molar-refractivity contribution is -0.145. The maximum Gasteiger partial charge on any atom is 0.308 e. The van der Waals surface area contributed by atoms with E-state index in [0.717, 1.165) is 22.4 Å². The highest BCUT2D eigenvalue weighted by atomic mass is 16.5. The zero-order chi connectivity index (χ0) is 19.5. The summed E-state index contributed by atoms with van der Waals surface area (Å²) in [6.07, 6.45) is 0.115. The Bertz CT molecular complexity index is 996. The van der Waals surface area contributed by atoms with Crippen molar-refractivity contribution in [1.29, 1.82) is 0 Å². The molecule has 1 heterocycles. The molecular formula is C24H21NO3. The Hall–Kier alpha value is -3.40. The third-order valence-corrected chi connectivity index (χ3v) is 5.00. The fraction of sp³-hybridized carbons (Fsp3) is 0.167. The normalized spacial score (nSPS) is 15.4. The Morgan fingerprint density at radius 3 is 2.36 bits per heavy atom. The molecule has 0 spiro atoms.